The molecule has 176 valence electrons. The first-order valence-corrected chi connectivity index (χ1v) is 11.4. The van der Waals surface area contributed by atoms with Gasteiger partial charge in [-0.25, -0.2) is 19.9 Å². The van der Waals surface area contributed by atoms with Gasteiger partial charge >= 0.3 is 0 Å². The third-order valence-corrected chi connectivity index (χ3v) is 5.69. The summed E-state index contributed by atoms with van der Waals surface area (Å²) in [4.78, 5) is 20.9. The number of fused-ring (bicyclic) bond motifs is 1. The summed E-state index contributed by atoms with van der Waals surface area (Å²) in [5.41, 5.74) is 4.10. The minimum atomic E-state index is 0.474. The molecule has 5 rings (SSSR count). The van der Waals surface area contributed by atoms with Crippen LogP contribution in [0.25, 0.3) is 5.65 Å². The molecule has 0 N–H and O–H groups in total. The van der Waals surface area contributed by atoms with E-state index in [0.29, 0.717) is 45.1 Å². The zero-order valence-corrected chi connectivity index (χ0v) is 19.3. The van der Waals surface area contributed by atoms with Crippen LogP contribution in [0.15, 0.2) is 55.1 Å². The van der Waals surface area contributed by atoms with Crippen molar-refractivity contribution in [1.82, 2.24) is 24.3 Å². The van der Waals surface area contributed by atoms with Gasteiger partial charge in [-0.2, -0.15) is 0 Å². The van der Waals surface area contributed by atoms with Crippen LogP contribution in [0.4, 0.5) is 5.82 Å². The van der Waals surface area contributed by atoms with E-state index >= 15 is 0 Å². The molecule has 1 fully saturated rings. The summed E-state index contributed by atoms with van der Waals surface area (Å²) in [7, 11) is 1.65. The van der Waals surface area contributed by atoms with E-state index in [4.69, 9.17) is 24.2 Å². The molecule has 9 heteroatoms. The molecule has 0 unspecified atom stereocenters. The molecule has 0 saturated carbocycles. The quantitative estimate of drug-likeness (QED) is 0.352. The van der Waals surface area contributed by atoms with E-state index in [9.17, 15) is 0 Å². The Morgan fingerprint density at radius 2 is 1.85 bits per heavy atom. The van der Waals surface area contributed by atoms with Crippen molar-refractivity contribution in [3.8, 4) is 5.88 Å². The summed E-state index contributed by atoms with van der Waals surface area (Å²) in [6.45, 7) is 4.07. The summed E-state index contributed by atoms with van der Waals surface area (Å²) in [6, 6.07) is 10.2. The topological polar surface area (TPSA) is 86.9 Å². The highest BCUT2D eigenvalue weighted by molar-refractivity contribution is 5.45. The van der Waals surface area contributed by atoms with Gasteiger partial charge in [0.1, 0.15) is 23.9 Å². The normalized spacial score (nSPS) is 14.0. The first kappa shape index (κ1) is 22.2. The summed E-state index contributed by atoms with van der Waals surface area (Å²) in [5, 5.41) is 0. The fraction of sp³-hybridized carbons (Fsp3) is 0.360. The van der Waals surface area contributed by atoms with Crippen LogP contribution in [0.3, 0.4) is 0 Å². The smallest absolute Gasteiger partial charge is 0.213 e. The number of imidazole rings is 1. The van der Waals surface area contributed by atoms with Crippen LogP contribution in [0.5, 0.6) is 5.88 Å². The molecule has 0 bridgehead atoms. The average molecular weight is 461 g/mol. The van der Waals surface area contributed by atoms with Gasteiger partial charge in [-0.3, -0.25) is 0 Å². The summed E-state index contributed by atoms with van der Waals surface area (Å²) < 4.78 is 18.1. The Morgan fingerprint density at radius 3 is 2.68 bits per heavy atom. The molecule has 4 aromatic rings. The van der Waals surface area contributed by atoms with Gasteiger partial charge in [-0.1, -0.05) is 6.07 Å². The first-order valence-electron chi connectivity index (χ1n) is 11.4. The summed E-state index contributed by atoms with van der Waals surface area (Å²) in [5.74, 6) is 2.30. The lowest BCUT2D eigenvalue weighted by atomic mass is 10.1. The lowest BCUT2D eigenvalue weighted by molar-refractivity contribution is 0.122. The Bertz CT molecular complexity index is 1220. The molecular weight excluding hydrogens is 432 g/mol. The Morgan fingerprint density at radius 1 is 0.941 bits per heavy atom. The second-order valence-electron chi connectivity index (χ2n) is 8.16. The largest absolute Gasteiger partial charge is 0.475 e. The Kier molecular flexibility index (Phi) is 6.92. The number of pyridine rings is 2. The van der Waals surface area contributed by atoms with Crippen molar-refractivity contribution in [2.45, 2.75) is 12.8 Å². The van der Waals surface area contributed by atoms with Gasteiger partial charge in [0.2, 0.25) is 5.88 Å². The molecule has 0 spiro atoms. The van der Waals surface area contributed by atoms with Gasteiger partial charge in [0.05, 0.1) is 25.5 Å². The van der Waals surface area contributed by atoms with Crippen molar-refractivity contribution in [1.29, 1.82) is 0 Å². The van der Waals surface area contributed by atoms with Gasteiger partial charge in [0.15, 0.2) is 0 Å². The molecule has 34 heavy (non-hydrogen) atoms. The molecule has 4 aromatic heterocycles. The fourth-order valence-electron chi connectivity index (χ4n) is 3.95. The maximum atomic E-state index is 5.57. The first-order chi connectivity index (χ1) is 16.8. The van der Waals surface area contributed by atoms with Crippen molar-refractivity contribution in [3.05, 3.63) is 77.8 Å². The van der Waals surface area contributed by atoms with E-state index in [1.54, 1.807) is 13.3 Å². The number of methoxy groups -OCH3 is 1. The molecule has 0 radical (unpaired) electrons. The average Bonchev–Trinajstić information content (AvgIpc) is 3.34. The Labute approximate surface area is 198 Å². The van der Waals surface area contributed by atoms with Gasteiger partial charge in [-0.05, 0) is 23.3 Å². The van der Waals surface area contributed by atoms with E-state index in [0.717, 1.165) is 47.2 Å². The monoisotopic (exact) mass is 460 g/mol. The third kappa shape index (κ3) is 5.49. The summed E-state index contributed by atoms with van der Waals surface area (Å²) >= 11 is 0. The molecule has 5 heterocycles. The van der Waals surface area contributed by atoms with Crippen molar-refractivity contribution >= 4 is 11.5 Å². The van der Waals surface area contributed by atoms with E-state index in [-0.39, 0.29) is 0 Å². The van der Waals surface area contributed by atoms with Crippen molar-refractivity contribution in [2.24, 2.45) is 0 Å². The SMILES string of the molecule is COCCOc1ccc(Cc2nc(Cc3ccn4ccnc4c3)cc(N3CCOCC3)n2)cn1. The molecular formula is C25H28N6O3. The minimum Gasteiger partial charge on any atom is -0.475 e. The highest BCUT2D eigenvalue weighted by Gasteiger charge is 2.16. The van der Waals surface area contributed by atoms with Crippen LogP contribution in [0, 0.1) is 0 Å². The fourth-order valence-corrected chi connectivity index (χ4v) is 3.95. The van der Waals surface area contributed by atoms with Gasteiger partial charge in [0, 0.05) is 70.0 Å². The number of nitrogens with zero attached hydrogens (tertiary/aromatic N) is 6. The van der Waals surface area contributed by atoms with Crippen LogP contribution >= 0.6 is 0 Å². The second kappa shape index (κ2) is 10.6. The van der Waals surface area contributed by atoms with Gasteiger partial charge in [-0.15, -0.1) is 0 Å². The molecule has 9 nitrogen and oxygen atoms in total. The molecule has 0 amide bonds. The molecule has 1 aliphatic rings. The van der Waals surface area contributed by atoms with E-state index in [1.807, 2.05) is 35.1 Å². The number of hydrogen-bond acceptors (Lipinski definition) is 8. The van der Waals surface area contributed by atoms with E-state index < -0.39 is 0 Å². The lowest BCUT2D eigenvalue weighted by Gasteiger charge is -2.28. The maximum absolute atomic E-state index is 5.57. The Balaban J connectivity index is 1.37. The van der Waals surface area contributed by atoms with E-state index in [2.05, 4.69) is 33.1 Å². The highest BCUT2D eigenvalue weighted by atomic mass is 16.5. The second-order valence-corrected chi connectivity index (χ2v) is 8.16. The van der Waals surface area contributed by atoms with Crippen molar-refractivity contribution in [2.75, 3.05) is 51.5 Å². The molecule has 0 aromatic carbocycles. The predicted molar refractivity (Wildman–Crippen MR) is 127 cm³/mol. The summed E-state index contributed by atoms with van der Waals surface area (Å²) in [6.07, 6.45) is 8.90. The highest BCUT2D eigenvalue weighted by Crippen LogP contribution is 2.19. The number of aromatic nitrogens is 5. The van der Waals surface area contributed by atoms with Crippen LogP contribution in [0.1, 0.15) is 22.6 Å². The van der Waals surface area contributed by atoms with Crippen LogP contribution < -0.4 is 9.64 Å². The van der Waals surface area contributed by atoms with Crippen molar-refractivity contribution < 1.29 is 14.2 Å². The number of morpholine rings is 1. The van der Waals surface area contributed by atoms with Gasteiger partial charge in [0.25, 0.3) is 0 Å². The molecule has 1 saturated heterocycles. The van der Waals surface area contributed by atoms with Crippen LogP contribution in [-0.2, 0) is 22.3 Å². The number of rotatable bonds is 9. The lowest BCUT2D eigenvalue weighted by Crippen LogP contribution is -2.37. The number of hydrogen-bond donors (Lipinski definition) is 0. The Hall–Kier alpha value is -3.56. The maximum Gasteiger partial charge on any atom is 0.213 e. The molecule has 1 aliphatic heterocycles. The van der Waals surface area contributed by atoms with Crippen LogP contribution in [0.2, 0.25) is 0 Å². The molecule has 0 aliphatic carbocycles. The van der Waals surface area contributed by atoms with Crippen LogP contribution in [-0.4, -0.2) is 71.0 Å². The molecule has 0 atom stereocenters. The standard InChI is InChI=1S/C25H28N6O3/c1-32-12-13-34-25-3-2-20(18-27-25)15-22-28-21(17-24(29-22)31-8-10-33-11-9-31)14-19-4-6-30-7-5-26-23(30)16-19/h2-7,16-18H,8-15H2,1H3. The zero-order valence-electron chi connectivity index (χ0n) is 19.3. The number of ether oxygens (including phenoxy) is 3. The minimum absolute atomic E-state index is 0.474. The van der Waals surface area contributed by atoms with Gasteiger partial charge < -0.3 is 23.5 Å². The predicted octanol–water partition coefficient (Wildman–Crippen LogP) is 2.56. The number of anilines is 1. The zero-order chi connectivity index (χ0) is 23.2. The third-order valence-electron chi connectivity index (χ3n) is 5.69. The van der Waals surface area contributed by atoms with Crippen molar-refractivity contribution in [3.63, 3.8) is 0 Å². The van der Waals surface area contributed by atoms with E-state index in [1.165, 1.54) is 0 Å².